The van der Waals surface area contributed by atoms with Crippen molar-refractivity contribution in [3.8, 4) is 0 Å². The van der Waals surface area contributed by atoms with Crippen LogP contribution in [0.3, 0.4) is 0 Å². The topological polar surface area (TPSA) is 104 Å². The van der Waals surface area contributed by atoms with Gasteiger partial charge in [0, 0.05) is 17.5 Å². The molecular weight excluding hydrogens is 303 g/mol. The van der Waals surface area contributed by atoms with E-state index in [9.17, 15) is 13.2 Å². The first-order valence-electron chi connectivity index (χ1n) is 5.77. The van der Waals surface area contributed by atoms with Crippen molar-refractivity contribution in [3.63, 3.8) is 0 Å². The average Bonchev–Trinajstić information content (AvgIpc) is 2.36. The summed E-state index contributed by atoms with van der Waals surface area (Å²) in [7, 11) is 0. The van der Waals surface area contributed by atoms with E-state index in [-0.39, 0.29) is 28.9 Å². The quantitative estimate of drug-likeness (QED) is 0.751. The van der Waals surface area contributed by atoms with E-state index in [1.807, 2.05) is 0 Å². The number of alkyl halides is 3. The van der Waals surface area contributed by atoms with Crippen molar-refractivity contribution in [2.45, 2.75) is 22.8 Å². The number of nitrogen functional groups attached to an aromatic ring is 2. The number of aromatic nitrogens is 2. The van der Waals surface area contributed by atoms with Crippen LogP contribution in [0.4, 0.5) is 24.8 Å². The first-order chi connectivity index (χ1) is 9.79. The van der Waals surface area contributed by atoms with Crippen molar-refractivity contribution < 1.29 is 13.2 Å². The van der Waals surface area contributed by atoms with Crippen molar-refractivity contribution in [3.05, 3.63) is 35.4 Å². The Balaban J connectivity index is 2.37. The lowest BCUT2D eigenvalue weighted by molar-refractivity contribution is -0.138. The summed E-state index contributed by atoms with van der Waals surface area (Å²) in [6.45, 7) is -0.193. The number of nitrogens with zero attached hydrogens (tertiary/aromatic N) is 2. The molecule has 2 aromatic rings. The predicted molar refractivity (Wildman–Crippen MR) is 74.3 cm³/mol. The van der Waals surface area contributed by atoms with Crippen LogP contribution in [0.1, 0.15) is 11.1 Å². The molecule has 0 bridgehead atoms. The molecule has 0 atom stereocenters. The minimum atomic E-state index is -4.47. The van der Waals surface area contributed by atoms with E-state index in [2.05, 4.69) is 9.97 Å². The summed E-state index contributed by atoms with van der Waals surface area (Å²) in [5.74, 6) is 0.305. The second-order valence-corrected chi connectivity index (χ2v) is 5.16. The summed E-state index contributed by atoms with van der Waals surface area (Å²) in [5.41, 5.74) is 15.6. The van der Waals surface area contributed by atoms with Gasteiger partial charge in [0.1, 0.15) is 11.6 Å². The highest BCUT2D eigenvalue weighted by Gasteiger charge is 2.33. The molecule has 0 aliphatic heterocycles. The van der Waals surface area contributed by atoms with Gasteiger partial charge >= 0.3 is 6.18 Å². The fourth-order valence-corrected chi connectivity index (χ4v) is 2.50. The van der Waals surface area contributed by atoms with Crippen LogP contribution in [0.15, 0.2) is 34.3 Å². The lowest BCUT2D eigenvalue weighted by Crippen LogP contribution is -2.12. The van der Waals surface area contributed by atoms with Crippen molar-refractivity contribution in [1.82, 2.24) is 9.97 Å². The number of anilines is 2. The summed E-state index contributed by atoms with van der Waals surface area (Å²) in [4.78, 5) is 8.14. The standard InChI is InChI=1S/C12H12F3N5S/c13-12(14,15)8-3-7(2-1-6(8)5-16)21-11-19-9(17)4-10(18)20-11/h1-4H,5,16H2,(H4,17,18,19,20). The number of nitrogens with two attached hydrogens (primary N) is 3. The molecule has 1 heterocycles. The zero-order valence-electron chi connectivity index (χ0n) is 10.7. The Labute approximate surface area is 122 Å². The molecule has 9 heteroatoms. The van der Waals surface area contributed by atoms with Crippen LogP contribution in [-0.4, -0.2) is 9.97 Å². The van der Waals surface area contributed by atoms with Crippen LogP contribution in [0.5, 0.6) is 0 Å². The second kappa shape index (κ2) is 5.78. The number of hydrogen-bond donors (Lipinski definition) is 3. The molecule has 0 saturated heterocycles. The van der Waals surface area contributed by atoms with Gasteiger partial charge in [-0.05, 0) is 29.5 Å². The van der Waals surface area contributed by atoms with Gasteiger partial charge < -0.3 is 17.2 Å². The molecule has 0 amide bonds. The van der Waals surface area contributed by atoms with Gasteiger partial charge in [-0.2, -0.15) is 13.2 Å². The van der Waals surface area contributed by atoms with Gasteiger partial charge in [-0.25, -0.2) is 9.97 Å². The highest BCUT2D eigenvalue weighted by Crippen LogP contribution is 2.36. The van der Waals surface area contributed by atoms with Crippen molar-refractivity contribution in [1.29, 1.82) is 0 Å². The van der Waals surface area contributed by atoms with E-state index < -0.39 is 11.7 Å². The molecule has 0 spiro atoms. The minimum Gasteiger partial charge on any atom is -0.383 e. The fourth-order valence-electron chi connectivity index (χ4n) is 1.67. The van der Waals surface area contributed by atoms with Crippen LogP contribution in [0, 0.1) is 0 Å². The normalized spacial score (nSPS) is 11.6. The summed E-state index contributed by atoms with van der Waals surface area (Å²) < 4.78 is 38.8. The Morgan fingerprint density at radius 3 is 2.19 bits per heavy atom. The molecule has 1 aromatic heterocycles. The maximum atomic E-state index is 12.9. The molecule has 0 fully saturated rings. The smallest absolute Gasteiger partial charge is 0.383 e. The van der Waals surface area contributed by atoms with Crippen LogP contribution in [0.2, 0.25) is 0 Å². The van der Waals surface area contributed by atoms with Crippen LogP contribution < -0.4 is 17.2 Å². The monoisotopic (exact) mass is 315 g/mol. The maximum Gasteiger partial charge on any atom is 0.416 e. The van der Waals surface area contributed by atoms with Gasteiger partial charge in [0.2, 0.25) is 0 Å². The predicted octanol–water partition coefficient (Wildman–Crippen LogP) is 2.27. The van der Waals surface area contributed by atoms with Crippen molar-refractivity contribution >= 4 is 23.4 Å². The molecule has 21 heavy (non-hydrogen) atoms. The molecule has 2 rings (SSSR count). The Morgan fingerprint density at radius 1 is 1.05 bits per heavy atom. The SMILES string of the molecule is NCc1ccc(Sc2nc(N)cc(N)n2)cc1C(F)(F)F. The molecule has 0 aliphatic rings. The zero-order valence-corrected chi connectivity index (χ0v) is 11.5. The van der Waals surface area contributed by atoms with Gasteiger partial charge in [0.25, 0.3) is 0 Å². The van der Waals surface area contributed by atoms with E-state index in [4.69, 9.17) is 17.2 Å². The minimum absolute atomic E-state index is 0.0276. The Hall–Kier alpha value is -2.00. The third kappa shape index (κ3) is 3.76. The van der Waals surface area contributed by atoms with Gasteiger partial charge in [0.05, 0.1) is 5.56 Å². The lowest BCUT2D eigenvalue weighted by Gasteiger charge is -2.13. The molecule has 0 aliphatic carbocycles. The number of halogens is 3. The number of rotatable bonds is 3. The van der Waals surface area contributed by atoms with Gasteiger partial charge in [-0.15, -0.1) is 0 Å². The molecule has 6 N–H and O–H groups in total. The fraction of sp³-hybridized carbons (Fsp3) is 0.167. The molecule has 112 valence electrons. The van der Waals surface area contributed by atoms with E-state index >= 15 is 0 Å². The lowest BCUT2D eigenvalue weighted by atomic mass is 10.1. The molecule has 0 saturated carbocycles. The largest absolute Gasteiger partial charge is 0.416 e. The van der Waals surface area contributed by atoms with E-state index in [0.29, 0.717) is 4.90 Å². The van der Waals surface area contributed by atoms with E-state index in [1.165, 1.54) is 18.2 Å². The molecule has 0 unspecified atom stereocenters. The number of hydrogen-bond acceptors (Lipinski definition) is 6. The summed E-state index contributed by atoms with van der Waals surface area (Å²) in [6, 6.07) is 5.23. The maximum absolute atomic E-state index is 12.9. The Kier molecular flexibility index (Phi) is 4.24. The molecular formula is C12H12F3N5S. The van der Waals surface area contributed by atoms with Gasteiger partial charge in [0.15, 0.2) is 5.16 Å². The Bertz CT molecular complexity index is 640. The first kappa shape index (κ1) is 15.4. The number of benzene rings is 1. The summed E-state index contributed by atoms with van der Waals surface area (Å²) >= 11 is 0.942. The highest BCUT2D eigenvalue weighted by molar-refractivity contribution is 7.99. The van der Waals surface area contributed by atoms with Crippen molar-refractivity contribution in [2.75, 3.05) is 11.5 Å². The first-order valence-corrected chi connectivity index (χ1v) is 6.59. The van der Waals surface area contributed by atoms with Crippen LogP contribution in [0.25, 0.3) is 0 Å². The van der Waals surface area contributed by atoms with E-state index in [0.717, 1.165) is 17.8 Å². The summed E-state index contributed by atoms with van der Waals surface area (Å²) in [6.07, 6.45) is -4.47. The molecule has 5 nitrogen and oxygen atoms in total. The highest BCUT2D eigenvalue weighted by atomic mass is 32.2. The third-order valence-corrected chi connectivity index (χ3v) is 3.42. The zero-order chi connectivity index (χ0) is 15.6. The van der Waals surface area contributed by atoms with Crippen LogP contribution in [-0.2, 0) is 12.7 Å². The molecule has 0 radical (unpaired) electrons. The average molecular weight is 315 g/mol. The molecule has 1 aromatic carbocycles. The third-order valence-electron chi connectivity index (χ3n) is 2.56. The second-order valence-electron chi connectivity index (χ2n) is 4.12. The van der Waals surface area contributed by atoms with Gasteiger partial charge in [-0.1, -0.05) is 6.07 Å². The summed E-state index contributed by atoms with van der Waals surface area (Å²) in [5, 5.41) is 0.182. The Morgan fingerprint density at radius 2 is 1.67 bits per heavy atom. The van der Waals surface area contributed by atoms with Crippen molar-refractivity contribution in [2.24, 2.45) is 5.73 Å². The van der Waals surface area contributed by atoms with Crippen LogP contribution >= 0.6 is 11.8 Å². The van der Waals surface area contributed by atoms with Gasteiger partial charge in [-0.3, -0.25) is 0 Å². The van der Waals surface area contributed by atoms with E-state index in [1.54, 1.807) is 0 Å².